The Hall–Kier alpha value is -3.92. The third-order valence-corrected chi connectivity index (χ3v) is 7.51. The summed E-state index contributed by atoms with van der Waals surface area (Å²) in [5, 5.41) is 13.1. The molecule has 2 aliphatic heterocycles. The molecule has 3 aliphatic rings. The lowest BCUT2D eigenvalue weighted by Crippen LogP contribution is -2.61. The van der Waals surface area contributed by atoms with Crippen molar-refractivity contribution in [2.45, 2.75) is 24.9 Å². The smallest absolute Gasteiger partial charge is 0.277 e. The number of phenolic OH excluding ortho intramolecular Hbond substituents is 1. The van der Waals surface area contributed by atoms with Crippen molar-refractivity contribution < 1.29 is 23.5 Å². The molecule has 0 radical (unpaired) electrons. The van der Waals surface area contributed by atoms with Gasteiger partial charge in [-0.1, -0.05) is 24.2 Å². The fraction of sp³-hybridized carbons (Fsp3) is 0.269. The Bertz CT molecular complexity index is 1580. The van der Waals surface area contributed by atoms with Crippen LogP contribution in [-0.4, -0.2) is 52.1 Å². The summed E-state index contributed by atoms with van der Waals surface area (Å²) in [6.07, 6.45) is 2.44. The highest BCUT2D eigenvalue weighted by Gasteiger charge is 2.42. The van der Waals surface area contributed by atoms with Crippen molar-refractivity contribution in [3.05, 3.63) is 63.9 Å². The number of pyridine rings is 1. The summed E-state index contributed by atoms with van der Waals surface area (Å²) >= 11 is 6.53. The average Bonchev–Trinajstić information content (AvgIpc) is 3.71. The van der Waals surface area contributed by atoms with Gasteiger partial charge < -0.3 is 24.8 Å². The van der Waals surface area contributed by atoms with Crippen LogP contribution in [0.3, 0.4) is 0 Å². The molecule has 0 spiro atoms. The van der Waals surface area contributed by atoms with Crippen LogP contribution < -0.4 is 15.8 Å². The first-order chi connectivity index (χ1) is 17.7. The molecule has 0 bridgehead atoms. The molecular weight excluding hydrogens is 506 g/mol. The van der Waals surface area contributed by atoms with E-state index in [9.17, 15) is 23.9 Å². The van der Waals surface area contributed by atoms with Crippen LogP contribution >= 0.6 is 11.6 Å². The van der Waals surface area contributed by atoms with Crippen LogP contribution in [0, 0.1) is 11.6 Å². The minimum Gasteiger partial charge on any atom is -0.507 e. The topological polar surface area (TPSA) is 94.9 Å². The molecule has 37 heavy (non-hydrogen) atoms. The number of hydrogen-bond donors (Lipinski definition) is 2. The zero-order chi connectivity index (χ0) is 26.2. The van der Waals surface area contributed by atoms with Crippen molar-refractivity contribution in [1.82, 2.24) is 9.47 Å². The van der Waals surface area contributed by atoms with Gasteiger partial charge in [0, 0.05) is 30.1 Å². The van der Waals surface area contributed by atoms with Gasteiger partial charge in [-0.05, 0) is 37.1 Å². The monoisotopic (exact) mass is 526 g/mol. The summed E-state index contributed by atoms with van der Waals surface area (Å²) in [4.78, 5) is 42.1. The maximum atomic E-state index is 16.4. The largest absolute Gasteiger partial charge is 0.507 e. The lowest BCUT2D eigenvalue weighted by atomic mass is 9.97. The van der Waals surface area contributed by atoms with Gasteiger partial charge >= 0.3 is 0 Å². The Morgan fingerprint density at radius 2 is 1.95 bits per heavy atom. The van der Waals surface area contributed by atoms with Gasteiger partial charge in [0.25, 0.3) is 5.56 Å². The Morgan fingerprint density at radius 3 is 2.62 bits per heavy atom. The van der Waals surface area contributed by atoms with E-state index in [1.165, 1.54) is 33.7 Å². The molecule has 2 fully saturated rings. The normalized spacial score (nSPS) is 18.9. The summed E-state index contributed by atoms with van der Waals surface area (Å²) in [5.41, 5.74) is -1.09. The first kappa shape index (κ1) is 23.5. The average molecular weight is 527 g/mol. The van der Waals surface area contributed by atoms with Crippen molar-refractivity contribution in [3.63, 3.8) is 0 Å². The van der Waals surface area contributed by atoms with Gasteiger partial charge in [-0.15, -0.1) is 0 Å². The Kier molecular flexibility index (Phi) is 5.27. The van der Waals surface area contributed by atoms with Crippen molar-refractivity contribution in [2.24, 2.45) is 0 Å². The summed E-state index contributed by atoms with van der Waals surface area (Å²) < 4.78 is 32.5. The van der Waals surface area contributed by atoms with Gasteiger partial charge in [0.15, 0.2) is 5.82 Å². The fourth-order valence-electron chi connectivity index (χ4n) is 5.37. The minimum absolute atomic E-state index is 0.0149. The number of anilines is 2. The van der Waals surface area contributed by atoms with E-state index in [-0.39, 0.29) is 58.8 Å². The van der Waals surface area contributed by atoms with Crippen molar-refractivity contribution in [3.8, 4) is 16.9 Å². The zero-order valence-corrected chi connectivity index (χ0v) is 20.2. The van der Waals surface area contributed by atoms with Crippen molar-refractivity contribution in [1.29, 1.82) is 0 Å². The van der Waals surface area contributed by atoms with Gasteiger partial charge in [0.05, 0.1) is 28.3 Å². The lowest BCUT2D eigenvalue weighted by Gasteiger charge is -2.45. The quantitative estimate of drug-likeness (QED) is 0.506. The standard InChI is InChI=1S/C26H21ClF2N4O4/c1-2-18(35)31-8-9-32-16(11-31)25(36)30-22-24(32)13-10-14(27)19(20-15(28)4-3-5-17(20)34)21(29)23(13)33(26(22)37)12-6-7-12/h2-5,10,12,16,34H,1,6-9,11H2,(H,30,36)/t16-/m1/s1. The van der Waals surface area contributed by atoms with Gasteiger partial charge in [0.2, 0.25) is 11.8 Å². The molecule has 0 unspecified atom stereocenters. The Balaban J connectivity index is 1.64. The Labute approximate surface area is 214 Å². The van der Waals surface area contributed by atoms with E-state index in [0.29, 0.717) is 18.5 Å². The lowest BCUT2D eigenvalue weighted by molar-refractivity contribution is -0.128. The highest BCUT2D eigenvalue weighted by Crippen LogP contribution is 2.48. The number of piperazine rings is 1. The number of nitrogens with zero attached hydrogens (tertiary/aromatic N) is 3. The molecule has 8 nitrogen and oxygen atoms in total. The minimum atomic E-state index is -0.941. The Morgan fingerprint density at radius 1 is 1.19 bits per heavy atom. The number of aromatic nitrogens is 1. The van der Waals surface area contributed by atoms with Crippen LogP contribution in [0.15, 0.2) is 41.7 Å². The molecule has 2 aromatic carbocycles. The number of phenols is 1. The SMILES string of the molecule is C=CC(=O)N1CCN2c3c(c(=O)n(C4CC4)c4c(F)c(-c5c(O)cccc5F)c(Cl)cc34)NC(=O)[C@H]2C1. The molecule has 6 rings (SSSR count). The number of aromatic hydroxyl groups is 1. The van der Waals surface area contributed by atoms with Gasteiger partial charge in [-0.25, -0.2) is 8.78 Å². The van der Waals surface area contributed by atoms with Crippen LogP contribution in [0.1, 0.15) is 18.9 Å². The number of halogens is 3. The maximum Gasteiger partial charge on any atom is 0.277 e. The number of amides is 2. The molecule has 1 saturated carbocycles. The number of hydrogen-bond acceptors (Lipinski definition) is 5. The highest BCUT2D eigenvalue weighted by atomic mass is 35.5. The second kappa shape index (κ2) is 8.31. The molecule has 11 heteroatoms. The number of rotatable bonds is 3. The predicted molar refractivity (Wildman–Crippen MR) is 135 cm³/mol. The van der Waals surface area contributed by atoms with Gasteiger partial charge in [-0.3, -0.25) is 14.4 Å². The number of nitrogens with one attached hydrogen (secondary N) is 1. The zero-order valence-electron chi connectivity index (χ0n) is 19.4. The molecule has 3 aromatic rings. The van der Waals surface area contributed by atoms with Crippen LogP contribution in [-0.2, 0) is 9.59 Å². The molecule has 1 aromatic heterocycles. The summed E-state index contributed by atoms with van der Waals surface area (Å²) in [6, 6.07) is 3.92. The molecule has 1 saturated heterocycles. The van der Waals surface area contributed by atoms with E-state index in [0.717, 1.165) is 6.07 Å². The first-order valence-electron chi connectivity index (χ1n) is 11.8. The van der Waals surface area contributed by atoms with Crippen LogP contribution in [0.4, 0.5) is 20.2 Å². The van der Waals surface area contributed by atoms with E-state index < -0.39 is 40.5 Å². The predicted octanol–water partition coefficient (Wildman–Crippen LogP) is 3.80. The second-order valence-electron chi connectivity index (χ2n) is 9.39. The molecule has 190 valence electrons. The van der Waals surface area contributed by atoms with E-state index >= 15 is 4.39 Å². The van der Waals surface area contributed by atoms with Crippen molar-refractivity contribution in [2.75, 3.05) is 29.9 Å². The third-order valence-electron chi connectivity index (χ3n) is 7.22. The molecule has 2 amide bonds. The molecule has 3 heterocycles. The van der Waals surface area contributed by atoms with Gasteiger partial charge in [-0.2, -0.15) is 0 Å². The van der Waals surface area contributed by atoms with Gasteiger partial charge in [0.1, 0.15) is 23.3 Å². The summed E-state index contributed by atoms with van der Waals surface area (Å²) in [6.45, 7) is 4.02. The van der Waals surface area contributed by atoms with E-state index in [4.69, 9.17) is 11.6 Å². The number of carbonyl (C=O) groups is 2. The summed E-state index contributed by atoms with van der Waals surface area (Å²) in [7, 11) is 0. The van der Waals surface area contributed by atoms with Crippen molar-refractivity contribution >= 4 is 45.7 Å². The third kappa shape index (κ3) is 3.42. The van der Waals surface area contributed by atoms with Crippen LogP contribution in [0.5, 0.6) is 5.75 Å². The molecule has 1 aliphatic carbocycles. The number of carbonyl (C=O) groups excluding carboxylic acids is 2. The highest BCUT2D eigenvalue weighted by molar-refractivity contribution is 6.34. The maximum absolute atomic E-state index is 16.4. The van der Waals surface area contributed by atoms with E-state index in [1.807, 2.05) is 0 Å². The van der Waals surface area contributed by atoms with E-state index in [1.54, 1.807) is 4.90 Å². The molecule has 2 N–H and O–H groups in total. The number of benzene rings is 2. The van der Waals surface area contributed by atoms with Crippen LogP contribution in [0.25, 0.3) is 22.0 Å². The fourth-order valence-corrected chi connectivity index (χ4v) is 5.66. The number of fused-ring (bicyclic) bond motifs is 5. The van der Waals surface area contributed by atoms with E-state index in [2.05, 4.69) is 11.9 Å². The first-order valence-corrected chi connectivity index (χ1v) is 12.2. The summed E-state index contributed by atoms with van der Waals surface area (Å²) in [5.74, 6) is -3.07. The van der Waals surface area contributed by atoms with Crippen LogP contribution in [0.2, 0.25) is 5.02 Å². The molecule has 1 atom stereocenters. The molecular formula is C26H21ClF2N4O4. The second-order valence-corrected chi connectivity index (χ2v) is 9.80.